The Bertz CT molecular complexity index is 1520. The van der Waals surface area contributed by atoms with Crippen LogP contribution in [0, 0.1) is 20.8 Å². The number of benzene rings is 3. The van der Waals surface area contributed by atoms with Crippen molar-refractivity contribution < 1.29 is 18.0 Å². The summed E-state index contributed by atoms with van der Waals surface area (Å²) in [4.78, 5) is 29.5. The van der Waals surface area contributed by atoms with Crippen molar-refractivity contribution in [1.29, 1.82) is 0 Å². The van der Waals surface area contributed by atoms with E-state index in [-0.39, 0.29) is 23.4 Å². The predicted molar refractivity (Wildman–Crippen MR) is 168 cm³/mol. The van der Waals surface area contributed by atoms with Crippen LogP contribution in [0.4, 0.5) is 5.69 Å². The molecule has 1 aliphatic rings. The van der Waals surface area contributed by atoms with Crippen LogP contribution >= 0.6 is 11.6 Å². The molecule has 42 heavy (non-hydrogen) atoms. The molecule has 0 bridgehead atoms. The van der Waals surface area contributed by atoms with E-state index in [0.29, 0.717) is 22.7 Å². The molecule has 0 aliphatic heterocycles. The van der Waals surface area contributed by atoms with Crippen LogP contribution < -0.4 is 9.62 Å². The Labute approximate surface area is 254 Å². The summed E-state index contributed by atoms with van der Waals surface area (Å²) in [6.07, 6.45) is 4.36. The average molecular weight is 610 g/mol. The maximum atomic E-state index is 14.3. The first kappa shape index (κ1) is 31.6. The van der Waals surface area contributed by atoms with E-state index in [2.05, 4.69) is 5.32 Å². The fraction of sp³-hybridized carbons (Fsp3) is 0.394. The van der Waals surface area contributed by atoms with Gasteiger partial charge in [-0.1, -0.05) is 79.4 Å². The topological polar surface area (TPSA) is 86.8 Å². The number of nitrogens with zero attached hydrogens (tertiary/aromatic N) is 2. The highest BCUT2D eigenvalue weighted by Crippen LogP contribution is 2.31. The van der Waals surface area contributed by atoms with Crippen molar-refractivity contribution in [3.05, 3.63) is 94.0 Å². The Hall–Kier alpha value is -3.36. The van der Waals surface area contributed by atoms with Gasteiger partial charge in [-0.3, -0.25) is 13.9 Å². The molecule has 1 aliphatic carbocycles. The Morgan fingerprint density at radius 1 is 0.952 bits per heavy atom. The minimum absolute atomic E-state index is 0.0664. The molecule has 0 aromatic heterocycles. The summed E-state index contributed by atoms with van der Waals surface area (Å²) >= 11 is 6.42. The first-order chi connectivity index (χ1) is 20.0. The number of sulfonamides is 1. The normalized spacial score (nSPS) is 14.4. The second kappa shape index (κ2) is 13.7. The summed E-state index contributed by atoms with van der Waals surface area (Å²) in [6, 6.07) is 18.6. The van der Waals surface area contributed by atoms with Crippen molar-refractivity contribution in [2.45, 2.75) is 83.3 Å². The van der Waals surface area contributed by atoms with Crippen LogP contribution in [0.3, 0.4) is 0 Å². The zero-order valence-electron chi connectivity index (χ0n) is 24.8. The molecule has 7 nitrogen and oxygen atoms in total. The molecule has 2 amide bonds. The molecule has 0 heterocycles. The number of carbonyl (C=O) groups excluding carboxylic acids is 2. The van der Waals surface area contributed by atoms with Crippen molar-refractivity contribution in [2.24, 2.45) is 0 Å². The summed E-state index contributed by atoms with van der Waals surface area (Å²) in [5, 5.41) is 3.54. The van der Waals surface area contributed by atoms with Crippen molar-refractivity contribution in [3.63, 3.8) is 0 Å². The van der Waals surface area contributed by atoms with Gasteiger partial charge in [0.15, 0.2) is 0 Å². The Kier molecular flexibility index (Phi) is 10.3. The van der Waals surface area contributed by atoms with Crippen LogP contribution in [-0.4, -0.2) is 43.8 Å². The molecule has 3 aromatic rings. The molecule has 1 atom stereocenters. The van der Waals surface area contributed by atoms with Gasteiger partial charge in [-0.25, -0.2) is 8.42 Å². The van der Waals surface area contributed by atoms with Gasteiger partial charge < -0.3 is 10.2 Å². The SMILES string of the molecule is CCC(C(=O)NC1CCCC1)N(Cc1ccccc1C)C(=O)CN(c1cccc(Cl)c1C)S(=O)(=O)c1ccc(C)cc1. The van der Waals surface area contributed by atoms with Gasteiger partial charge in [-0.2, -0.15) is 0 Å². The average Bonchev–Trinajstić information content (AvgIpc) is 3.47. The van der Waals surface area contributed by atoms with E-state index >= 15 is 0 Å². The lowest BCUT2D eigenvalue weighted by atomic mass is 10.1. The quantitative estimate of drug-likeness (QED) is 0.275. The number of nitrogens with one attached hydrogen (secondary N) is 1. The zero-order valence-corrected chi connectivity index (χ0v) is 26.3. The fourth-order valence-corrected chi connectivity index (χ4v) is 7.12. The molecular formula is C33H40ClN3O4S. The van der Waals surface area contributed by atoms with Gasteiger partial charge in [-0.05, 0) is 81.0 Å². The molecule has 224 valence electrons. The molecule has 1 fully saturated rings. The third-order valence-corrected chi connectivity index (χ3v) is 10.3. The second-order valence-electron chi connectivity index (χ2n) is 11.1. The summed E-state index contributed by atoms with van der Waals surface area (Å²) < 4.78 is 29.3. The third kappa shape index (κ3) is 7.16. The van der Waals surface area contributed by atoms with Crippen LogP contribution in [0.2, 0.25) is 5.02 Å². The standard InChI is InChI=1S/C33H40ClN3O4S/c1-5-30(33(39)35-27-13-8-9-14-27)36(21-26-12-7-6-11-24(26)3)32(38)22-37(31-16-10-15-29(34)25(31)4)42(40,41)28-19-17-23(2)18-20-28/h6-7,10-12,15-20,27,30H,5,8-9,13-14,21-22H2,1-4H3,(H,35,39). The van der Waals surface area contributed by atoms with Crippen molar-refractivity contribution in [2.75, 3.05) is 10.8 Å². The number of hydrogen-bond donors (Lipinski definition) is 1. The molecule has 0 spiro atoms. The van der Waals surface area contributed by atoms with Crippen LogP contribution in [-0.2, 0) is 26.2 Å². The maximum Gasteiger partial charge on any atom is 0.264 e. The van der Waals surface area contributed by atoms with E-state index in [0.717, 1.165) is 46.7 Å². The van der Waals surface area contributed by atoms with Crippen LogP contribution in [0.5, 0.6) is 0 Å². The third-order valence-electron chi connectivity index (χ3n) is 8.09. The van der Waals surface area contributed by atoms with Gasteiger partial charge in [0, 0.05) is 17.6 Å². The fourth-order valence-electron chi connectivity index (χ4n) is 5.48. The van der Waals surface area contributed by atoms with Gasteiger partial charge in [0.2, 0.25) is 11.8 Å². The molecule has 4 rings (SSSR count). The minimum atomic E-state index is -4.16. The van der Waals surface area contributed by atoms with Crippen LogP contribution in [0.25, 0.3) is 0 Å². The molecule has 0 radical (unpaired) electrons. The Balaban J connectivity index is 1.75. The molecular weight excluding hydrogens is 570 g/mol. The van der Waals surface area contributed by atoms with E-state index < -0.39 is 28.5 Å². The van der Waals surface area contributed by atoms with Gasteiger partial charge in [0.25, 0.3) is 10.0 Å². The number of halogens is 1. The van der Waals surface area contributed by atoms with E-state index in [1.807, 2.05) is 45.0 Å². The van der Waals surface area contributed by atoms with Crippen molar-refractivity contribution in [3.8, 4) is 0 Å². The van der Waals surface area contributed by atoms with Gasteiger partial charge >= 0.3 is 0 Å². The highest BCUT2D eigenvalue weighted by Gasteiger charge is 2.35. The smallest absolute Gasteiger partial charge is 0.264 e. The number of rotatable bonds is 11. The molecule has 0 saturated heterocycles. The molecule has 1 unspecified atom stereocenters. The molecule has 1 saturated carbocycles. The number of carbonyl (C=O) groups is 2. The van der Waals surface area contributed by atoms with E-state index in [1.165, 1.54) is 17.0 Å². The maximum absolute atomic E-state index is 14.3. The van der Waals surface area contributed by atoms with Crippen LogP contribution in [0.1, 0.15) is 61.3 Å². The summed E-state index contributed by atoms with van der Waals surface area (Å²) in [5.74, 6) is -0.681. The van der Waals surface area contributed by atoms with E-state index in [1.54, 1.807) is 37.3 Å². The predicted octanol–water partition coefficient (Wildman–Crippen LogP) is 6.33. The monoisotopic (exact) mass is 609 g/mol. The first-order valence-electron chi connectivity index (χ1n) is 14.5. The lowest BCUT2D eigenvalue weighted by molar-refractivity contribution is -0.140. The number of aryl methyl sites for hydroxylation is 2. The zero-order chi connectivity index (χ0) is 30.4. The Morgan fingerprint density at radius 2 is 1.62 bits per heavy atom. The van der Waals surface area contributed by atoms with Gasteiger partial charge in [0.05, 0.1) is 10.6 Å². The molecule has 9 heteroatoms. The lowest BCUT2D eigenvalue weighted by Crippen LogP contribution is -2.53. The van der Waals surface area contributed by atoms with Gasteiger partial charge in [-0.15, -0.1) is 0 Å². The molecule has 1 N–H and O–H groups in total. The summed E-state index contributed by atoms with van der Waals surface area (Å²) in [5.41, 5.74) is 3.65. The number of hydrogen-bond acceptors (Lipinski definition) is 4. The molecule has 3 aromatic carbocycles. The lowest BCUT2D eigenvalue weighted by Gasteiger charge is -2.34. The minimum Gasteiger partial charge on any atom is -0.352 e. The Morgan fingerprint density at radius 3 is 2.26 bits per heavy atom. The highest BCUT2D eigenvalue weighted by atomic mass is 35.5. The van der Waals surface area contributed by atoms with Crippen LogP contribution in [0.15, 0.2) is 71.6 Å². The van der Waals surface area contributed by atoms with Crippen molar-refractivity contribution >= 4 is 39.1 Å². The summed E-state index contributed by atoms with van der Waals surface area (Å²) in [6.45, 7) is 7.13. The van der Waals surface area contributed by atoms with Gasteiger partial charge in [0.1, 0.15) is 12.6 Å². The highest BCUT2D eigenvalue weighted by molar-refractivity contribution is 7.92. The first-order valence-corrected chi connectivity index (χ1v) is 16.3. The van der Waals surface area contributed by atoms with Crippen molar-refractivity contribution in [1.82, 2.24) is 10.2 Å². The number of anilines is 1. The van der Waals surface area contributed by atoms with E-state index in [4.69, 9.17) is 11.6 Å². The number of amides is 2. The largest absolute Gasteiger partial charge is 0.352 e. The second-order valence-corrected chi connectivity index (χ2v) is 13.3. The summed E-state index contributed by atoms with van der Waals surface area (Å²) in [7, 11) is -4.16. The van der Waals surface area contributed by atoms with E-state index in [9.17, 15) is 18.0 Å².